The highest BCUT2D eigenvalue weighted by Crippen LogP contribution is 2.24. The molecule has 0 aliphatic heterocycles. The van der Waals surface area contributed by atoms with E-state index in [-0.39, 0.29) is 17.9 Å². The first-order valence-electron chi connectivity index (χ1n) is 7.33. The fraction of sp³-hybridized carbons (Fsp3) is 0.222. The molecular weight excluding hydrogens is 376 g/mol. The normalized spacial score (nSPS) is 10.5. The van der Waals surface area contributed by atoms with Gasteiger partial charge in [0.15, 0.2) is 6.61 Å². The molecule has 5 nitrogen and oxygen atoms in total. The number of esters is 1. The lowest BCUT2D eigenvalue weighted by Gasteiger charge is -2.10. The van der Waals surface area contributed by atoms with Crippen molar-refractivity contribution < 1.29 is 24.2 Å². The van der Waals surface area contributed by atoms with Crippen molar-refractivity contribution in [3.63, 3.8) is 0 Å². The van der Waals surface area contributed by atoms with E-state index in [1.54, 1.807) is 18.2 Å². The van der Waals surface area contributed by atoms with Crippen LogP contribution < -0.4 is 9.47 Å². The number of carbonyl (C=O) groups excluding carboxylic acids is 1. The zero-order valence-corrected chi connectivity index (χ0v) is 14.9. The molecule has 0 unspecified atom stereocenters. The predicted molar refractivity (Wildman–Crippen MR) is 92.8 cm³/mol. The van der Waals surface area contributed by atoms with Crippen LogP contribution in [0.2, 0.25) is 0 Å². The Morgan fingerprint density at radius 2 is 1.79 bits per heavy atom. The molecule has 0 aliphatic carbocycles. The molecule has 0 aliphatic rings. The molecule has 0 saturated heterocycles. The number of carbonyl (C=O) groups is 2. The zero-order chi connectivity index (χ0) is 17.7. The SMILES string of the molecule is CC(C)c1ccc(OCC(=O)Oc2ccc(Br)cc2C(=O)O)cc1. The lowest BCUT2D eigenvalue weighted by Crippen LogP contribution is -2.19. The number of hydrogen-bond acceptors (Lipinski definition) is 4. The molecule has 0 amide bonds. The van der Waals surface area contributed by atoms with Gasteiger partial charge in [0.2, 0.25) is 0 Å². The van der Waals surface area contributed by atoms with E-state index in [0.717, 1.165) is 0 Å². The van der Waals surface area contributed by atoms with Crippen molar-refractivity contribution in [2.45, 2.75) is 19.8 Å². The third-order valence-corrected chi connectivity index (χ3v) is 3.79. The average Bonchev–Trinajstić information content (AvgIpc) is 2.54. The monoisotopic (exact) mass is 392 g/mol. The van der Waals surface area contributed by atoms with Crippen LogP contribution in [0.25, 0.3) is 0 Å². The van der Waals surface area contributed by atoms with E-state index in [4.69, 9.17) is 14.6 Å². The summed E-state index contributed by atoms with van der Waals surface area (Å²) in [5.74, 6) is -0.909. The smallest absolute Gasteiger partial charge is 0.349 e. The van der Waals surface area contributed by atoms with Gasteiger partial charge in [0, 0.05) is 4.47 Å². The highest BCUT2D eigenvalue weighted by molar-refractivity contribution is 9.10. The maximum atomic E-state index is 11.9. The topological polar surface area (TPSA) is 72.8 Å². The van der Waals surface area contributed by atoms with Crippen LogP contribution in [-0.2, 0) is 4.79 Å². The molecule has 0 bridgehead atoms. The van der Waals surface area contributed by atoms with Gasteiger partial charge in [-0.05, 0) is 41.8 Å². The van der Waals surface area contributed by atoms with Crippen molar-refractivity contribution in [1.82, 2.24) is 0 Å². The molecule has 0 radical (unpaired) electrons. The maximum absolute atomic E-state index is 11.9. The largest absolute Gasteiger partial charge is 0.482 e. The van der Waals surface area contributed by atoms with Gasteiger partial charge in [0.1, 0.15) is 17.1 Å². The van der Waals surface area contributed by atoms with Crippen LogP contribution in [0.4, 0.5) is 0 Å². The van der Waals surface area contributed by atoms with E-state index in [2.05, 4.69) is 29.8 Å². The number of carboxylic acid groups (broad SMARTS) is 1. The van der Waals surface area contributed by atoms with E-state index >= 15 is 0 Å². The highest BCUT2D eigenvalue weighted by atomic mass is 79.9. The Morgan fingerprint density at radius 1 is 1.12 bits per heavy atom. The fourth-order valence-electron chi connectivity index (χ4n) is 2.00. The van der Waals surface area contributed by atoms with E-state index in [1.165, 1.54) is 17.7 Å². The summed E-state index contributed by atoms with van der Waals surface area (Å²) in [6, 6.07) is 11.8. The standard InChI is InChI=1S/C18H17BrO5/c1-11(2)12-3-6-14(7-4-12)23-10-17(20)24-16-8-5-13(19)9-15(16)18(21)22/h3-9,11H,10H2,1-2H3,(H,21,22). The van der Waals surface area contributed by atoms with Crippen LogP contribution in [0.1, 0.15) is 35.7 Å². The van der Waals surface area contributed by atoms with Gasteiger partial charge in [-0.3, -0.25) is 0 Å². The van der Waals surface area contributed by atoms with Crippen LogP contribution >= 0.6 is 15.9 Å². The Morgan fingerprint density at radius 3 is 2.38 bits per heavy atom. The van der Waals surface area contributed by atoms with Gasteiger partial charge in [0.25, 0.3) is 0 Å². The molecule has 0 aromatic heterocycles. The highest BCUT2D eigenvalue weighted by Gasteiger charge is 2.15. The number of hydrogen-bond donors (Lipinski definition) is 1. The minimum atomic E-state index is -1.18. The number of aromatic carboxylic acids is 1. The summed E-state index contributed by atoms with van der Waals surface area (Å²) >= 11 is 3.18. The van der Waals surface area contributed by atoms with E-state index in [1.807, 2.05) is 12.1 Å². The summed E-state index contributed by atoms with van der Waals surface area (Å²) in [6.07, 6.45) is 0. The molecular formula is C18H17BrO5. The second-order valence-corrected chi connectivity index (χ2v) is 6.35. The van der Waals surface area contributed by atoms with Crippen molar-refractivity contribution in [2.75, 3.05) is 6.61 Å². The summed E-state index contributed by atoms with van der Waals surface area (Å²) in [6.45, 7) is 3.87. The summed E-state index contributed by atoms with van der Waals surface area (Å²) in [5, 5.41) is 9.14. The Labute approximate surface area is 148 Å². The Kier molecular flexibility index (Phi) is 5.98. The quantitative estimate of drug-likeness (QED) is 0.587. The molecule has 1 N–H and O–H groups in total. The van der Waals surface area contributed by atoms with Crippen LogP contribution in [0.5, 0.6) is 11.5 Å². The lowest BCUT2D eigenvalue weighted by atomic mass is 10.0. The van der Waals surface area contributed by atoms with Gasteiger partial charge in [-0.25, -0.2) is 9.59 Å². The van der Waals surface area contributed by atoms with Gasteiger partial charge in [0.05, 0.1) is 0 Å². The van der Waals surface area contributed by atoms with Gasteiger partial charge in [-0.1, -0.05) is 41.9 Å². The van der Waals surface area contributed by atoms with Gasteiger partial charge in [-0.15, -0.1) is 0 Å². The summed E-state index contributed by atoms with van der Waals surface area (Å²) in [4.78, 5) is 23.0. The van der Waals surface area contributed by atoms with Crippen LogP contribution in [0.15, 0.2) is 46.9 Å². The van der Waals surface area contributed by atoms with Crippen LogP contribution in [0, 0.1) is 0 Å². The minimum Gasteiger partial charge on any atom is -0.482 e. The first-order valence-corrected chi connectivity index (χ1v) is 8.12. The molecule has 24 heavy (non-hydrogen) atoms. The van der Waals surface area contributed by atoms with Gasteiger partial charge >= 0.3 is 11.9 Å². The third-order valence-electron chi connectivity index (χ3n) is 3.30. The van der Waals surface area contributed by atoms with Crippen molar-refractivity contribution in [3.8, 4) is 11.5 Å². The molecule has 2 rings (SSSR count). The minimum absolute atomic E-state index is 0.0190. The second-order valence-electron chi connectivity index (χ2n) is 5.43. The van der Waals surface area contributed by atoms with Crippen molar-refractivity contribution in [2.24, 2.45) is 0 Å². The predicted octanol–water partition coefficient (Wildman–Crippen LogP) is 4.26. The van der Waals surface area contributed by atoms with E-state index in [0.29, 0.717) is 16.1 Å². The van der Waals surface area contributed by atoms with Gasteiger partial charge in [-0.2, -0.15) is 0 Å². The molecule has 2 aromatic rings. The fourth-order valence-corrected chi connectivity index (χ4v) is 2.36. The molecule has 0 fully saturated rings. The molecule has 0 atom stereocenters. The summed E-state index contributed by atoms with van der Waals surface area (Å²) in [5.41, 5.74) is 1.07. The molecule has 0 saturated carbocycles. The summed E-state index contributed by atoms with van der Waals surface area (Å²) < 4.78 is 11.0. The Balaban J connectivity index is 1.97. The Hall–Kier alpha value is -2.34. The van der Waals surface area contributed by atoms with E-state index in [9.17, 15) is 9.59 Å². The van der Waals surface area contributed by atoms with E-state index < -0.39 is 11.9 Å². The Bertz CT molecular complexity index is 738. The van der Waals surface area contributed by atoms with Crippen molar-refractivity contribution in [1.29, 1.82) is 0 Å². The first-order chi connectivity index (χ1) is 11.4. The maximum Gasteiger partial charge on any atom is 0.349 e. The molecule has 2 aromatic carbocycles. The molecule has 6 heteroatoms. The number of carboxylic acids is 1. The number of benzene rings is 2. The second kappa shape index (κ2) is 7.97. The molecule has 126 valence electrons. The first kappa shape index (κ1) is 18.0. The summed E-state index contributed by atoms with van der Waals surface area (Å²) in [7, 11) is 0. The third kappa shape index (κ3) is 4.83. The van der Waals surface area contributed by atoms with Crippen molar-refractivity contribution >= 4 is 27.9 Å². The van der Waals surface area contributed by atoms with Gasteiger partial charge < -0.3 is 14.6 Å². The van der Waals surface area contributed by atoms with Crippen molar-refractivity contribution in [3.05, 3.63) is 58.1 Å². The van der Waals surface area contributed by atoms with Crippen LogP contribution in [0.3, 0.4) is 0 Å². The molecule has 0 spiro atoms. The average molecular weight is 393 g/mol. The number of rotatable bonds is 6. The lowest BCUT2D eigenvalue weighted by molar-refractivity contribution is -0.136. The van der Waals surface area contributed by atoms with Crippen LogP contribution in [-0.4, -0.2) is 23.7 Å². The zero-order valence-electron chi connectivity index (χ0n) is 13.3. The number of halogens is 1. The number of ether oxygens (including phenoxy) is 2. The molecule has 0 heterocycles.